The Morgan fingerprint density at radius 3 is 2.90 bits per heavy atom. The zero-order valence-electron chi connectivity index (χ0n) is 11.0. The molecule has 0 radical (unpaired) electrons. The lowest BCUT2D eigenvalue weighted by atomic mass is 10.2. The van der Waals surface area contributed by atoms with Crippen molar-refractivity contribution in [3.05, 3.63) is 34.7 Å². The Hall–Kier alpha value is -1.37. The summed E-state index contributed by atoms with van der Waals surface area (Å²) in [5.74, 6) is 0.604. The highest BCUT2D eigenvalue weighted by atomic mass is 32.2. The fourth-order valence-corrected chi connectivity index (χ4v) is 3.15. The van der Waals surface area contributed by atoms with Crippen molar-refractivity contribution in [3.63, 3.8) is 0 Å². The van der Waals surface area contributed by atoms with E-state index in [1.54, 1.807) is 13.2 Å². The molecule has 0 spiro atoms. The van der Waals surface area contributed by atoms with Crippen LogP contribution in [-0.2, 0) is 4.79 Å². The number of hydrogen-bond donors (Lipinski definition) is 1. The maximum absolute atomic E-state index is 12.3. The third-order valence-electron chi connectivity index (χ3n) is 2.84. The molecule has 4 nitrogen and oxygen atoms in total. The summed E-state index contributed by atoms with van der Waals surface area (Å²) in [6.07, 6.45) is 2.31. The summed E-state index contributed by atoms with van der Waals surface area (Å²) < 4.78 is 5.80. The van der Waals surface area contributed by atoms with Crippen LogP contribution in [0.1, 0.15) is 12.0 Å². The van der Waals surface area contributed by atoms with E-state index in [1.165, 1.54) is 16.7 Å². The Kier molecular flexibility index (Phi) is 5.17. The predicted octanol–water partition coefficient (Wildman–Crippen LogP) is 2.28. The van der Waals surface area contributed by atoms with Gasteiger partial charge < -0.3 is 9.84 Å². The van der Waals surface area contributed by atoms with Crippen molar-refractivity contribution in [3.8, 4) is 5.75 Å². The van der Waals surface area contributed by atoms with Crippen molar-refractivity contribution < 1.29 is 14.6 Å². The second-order valence-electron chi connectivity index (χ2n) is 4.15. The Bertz CT molecular complexity index is 557. The maximum atomic E-state index is 12.3. The van der Waals surface area contributed by atoms with Crippen molar-refractivity contribution in [1.82, 2.24) is 4.90 Å². The molecule has 1 aromatic carbocycles. The molecule has 1 N–H and O–H groups in total. The molecule has 1 aliphatic rings. The molecule has 1 amide bonds. The number of amides is 1. The molecule has 6 heteroatoms. The zero-order valence-corrected chi connectivity index (χ0v) is 12.7. The SMILES string of the molecule is COc1ccccc1/C=C1\SC(=S)N(CCCO)C1=O. The van der Waals surface area contributed by atoms with Gasteiger partial charge in [0.2, 0.25) is 0 Å². The number of hydrogen-bond acceptors (Lipinski definition) is 5. The predicted molar refractivity (Wildman–Crippen MR) is 84.6 cm³/mol. The average Bonchev–Trinajstić information content (AvgIpc) is 2.72. The van der Waals surface area contributed by atoms with Crippen LogP contribution in [-0.4, -0.2) is 40.5 Å². The number of benzene rings is 1. The molecule has 0 saturated carbocycles. The van der Waals surface area contributed by atoms with Crippen molar-refractivity contribution in [2.75, 3.05) is 20.3 Å². The van der Waals surface area contributed by atoms with Crippen LogP contribution in [0.3, 0.4) is 0 Å². The third-order valence-corrected chi connectivity index (χ3v) is 4.22. The van der Waals surface area contributed by atoms with Crippen LogP contribution in [0.25, 0.3) is 6.08 Å². The lowest BCUT2D eigenvalue weighted by molar-refractivity contribution is -0.122. The summed E-state index contributed by atoms with van der Waals surface area (Å²) in [5, 5.41) is 8.85. The van der Waals surface area contributed by atoms with E-state index in [-0.39, 0.29) is 12.5 Å². The van der Waals surface area contributed by atoms with Crippen LogP contribution in [0.5, 0.6) is 5.75 Å². The van der Waals surface area contributed by atoms with Gasteiger partial charge in [0.05, 0.1) is 12.0 Å². The molecule has 0 unspecified atom stereocenters. The molecular formula is C14H15NO3S2. The van der Waals surface area contributed by atoms with E-state index in [0.29, 0.717) is 27.9 Å². The van der Waals surface area contributed by atoms with Gasteiger partial charge in [-0.05, 0) is 18.6 Å². The molecule has 0 bridgehead atoms. The number of ether oxygens (including phenoxy) is 1. The molecule has 1 aliphatic heterocycles. The highest BCUT2D eigenvalue weighted by molar-refractivity contribution is 8.26. The first-order chi connectivity index (χ1) is 9.67. The van der Waals surface area contributed by atoms with E-state index in [0.717, 1.165) is 5.56 Å². The Morgan fingerprint density at radius 2 is 2.20 bits per heavy atom. The summed E-state index contributed by atoms with van der Waals surface area (Å²) >= 11 is 6.48. The standard InChI is InChI=1S/C14H15NO3S2/c1-18-11-6-3-2-5-10(11)9-12-13(17)15(7-4-8-16)14(19)20-12/h2-3,5-6,9,16H,4,7-8H2,1H3/b12-9-. The highest BCUT2D eigenvalue weighted by Crippen LogP contribution is 2.34. The summed E-state index contributed by atoms with van der Waals surface area (Å²) in [5.41, 5.74) is 0.845. The van der Waals surface area contributed by atoms with Gasteiger partial charge >= 0.3 is 0 Å². The van der Waals surface area contributed by atoms with E-state index in [9.17, 15) is 4.79 Å². The Labute approximate surface area is 127 Å². The van der Waals surface area contributed by atoms with Crippen molar-refractivity contribution in [1.29, 1.82) is 0 Å². The average molecular weight is 309 g/mol. The molecule has 1 saturated heterocycles. The number of aliphatic hydroxyl groups excluding tert-OH is 1. The van der Waals surface area contributed by atoms with Crippen molar-refractivity contribution in [2.45, 2.75) is 6.42 Å². The zero-order chi connectivity index (χ0) is 14.5. The van der Waals surface area contributed by atoms with Crippen molar-refractivity contribution >= 4 is 40.3 Å². The molecule has 0 atom stereocenters. The van der Waals surface area contributed by atoms with Gasteiger partial charge in [0.25, 0.3) is 5.91 Å². The number of carbonyl (C=O) groups excluding carboxylic acids is 1. The van der Waals surface area contributed by atoms with Crippen LogP contribution in [0.2, 0.25) is 0 Å². The summed E-state index contributed by atoms with van der Waals surface area (Å²) in [6, 6.07) is 7.50. The van der Waals surface area contributed by atoms with Gasteiger partial charge in [0.15, 0.2) is 0 Å². The Morgan fingerprint density at radius 1 is 1.45 bits per heavy atom. The fraction of sp³-hybridized carbons (Fsp3) is 0.286. The second kappa shape index (κ2) is 6.88. The minimum Gasteiger partial charge on any atom is -0.496 e. The third kappa shape index (κ3) is 3.20. The minimum atomic E-state index is -0.112. The number of nitrogens with zero attached hydrogens (tertiary/aromatic N) is 1. The van der Waals surface area contributed by atoms with Gasteiger partial charge in [-0.15, -0.1) is 0 Å². The number of methoxy groups -OCH3 is 1. The van der Waals surface area contributed by atoms with Gasteiger partial charge in [-0.1, -0.05) is 42.2 Å². The van der Waals surface area contributed by atoms with Crippen LogP contribution < -0.4 is 4.74 Å². The van der Waals surface area contributed by atoms with Crippen LogP contribution in [0, 0.1) is 0 Å². The van der Waals surface area contributed by atoms with Gasteiger partial charge in [-0.25, -0.2) is 0 Å². The molecule has 0 aromatic heterocycles. The highest BCUT2D eigenvalue weighted by Gasteiger charge is 2.31. The quantitative estimate of drug-likeness (QED) is 0.668. The number of thiocarbonyl (C=S) groups is 1. The number of rotatable bonds is 5. The largest absolute Gasteiger partial charge is 0.496 e. The van der Waals surface area contributed by atoms with Crippen LogP contribution in [0.4, 0.5) is 0 Å². The van der Waals surface area contributed by atoms with Crippen LogP contribution in [0.15, 0.2) is 29.2 Å². The van der Waals surface area contributed by atoms with E-state index in [4.69, 9.17) is 22.1 Å². The summed E-state index contributed by atoms with van der Waals surface area (Å²) in [4.78, 5) is 14.4. The maximum Gasteiger partial charge on any atom is 0.266 e. The minimum absolute atomic E-state index is 0.0443. The van der Waals surface area contributed by atoms with E-state index >= 15 is 0 Å². The van der Waals surface area contributed by atoms with Crippen molar-refractivity contribution in [2.24, 2.45) is 0 Å². The molecule has 0 aliphatic carbocycles. The number of aliphatic hydroxyl groups is 1. The Balaban J connectivity index is 2.23. The molecule has 1 aromatic rings. The van der Waals surface area contributed by atoms with Gasteiger partial charge in [-0.3, -0.25) is 9.69 Å². The second-order valence-corrected chi connectivity index (χ2v) is 5.83. The summed E-state index contributed by atoms with van der Waals surface area (Å²) in [6.45, 7) is 0.493. The first-order valence-electron chi connectivity index (χ1n) is 6.16. The molecule has 106 valence electrons. The van der Waals surface area contributed by atoms with E-state index < -0.39 is 0 Å². The lowest BCUT2D eigenvalue weighted by Gasteiger charge is -2.12. The lowest BCUT2D eigenvalue weighted by Crippen LogP contribution is -2.29. The number of carbonyl (C=O) groups is 1. The molecule has 20 heavy (non-hydrogen) atoms. The smallest absolute Gasteiger partial charge is 0.266 e. The molecular weight excluding hydrogens is 294 g/mol. The van der Waals surface area contributed by atoms with Gasteiger partial charge in [0, 0.05) is 18.7 Å². The number of thioether (sulfide) groups is 1. The first-order valence-corrected chi connectivity index (χ1v) is 7.39. The normalized spacial score (nSPS) is 17.1. The molecule has 1 fully saturated rings. The first kappa shape index (κ1) is 15.0. The number of para-hydroxylation sites is 1. The molecule has 2 rings (SSSR count). The van der Waals surface area contributed by atoms with Gasteiger partial charge in [-0.2, -0.15) is 0 Å². The van der Waals surface area contributed by atoms with Crippen LogP contribution >= 0.6 is 24.0 Å². The molecule has 1 heterocycles. The van der Waals surface area contributed by atoms with Gasteiger partial charge in [0.1, 0.15) is 10.1 Å². The van der Waals surface area contributed by atoms with E-state index in [1.807, 2.05) is 24.3 Å². The monoisotopic (exact) mass is 309 g/mol. The topological polar surface area (TPSA) is 49.8 Å². The van der Waals surface area contributed by atoms with E-state index in [2.05, 4.69) is 0 Å². The summed E-state index contributed by atoms with van der Waals surface area (Å²) in [7, 11) is 1.60. The fourth-order valence-electron chi connectivity index (χ4n) is 1.85.